The maximum atomic E-state index is 12.8. The minimum Gasteiger partial charge on any atom is -0.402 e. The van der Waals surface area contributed by atoms with Gasteiger partial charge in [-0.1, -0.05) is 53.6 Å². The van der Waals surface area contributed by atoms with Crippen molar-refractivity contribution in [3.05, 3.63) is 84.1 Å². The molecule has 30 heavy (non-hydrogen) atoms. The van der Waals surface area contributed by atoms with Gasteiger partial charge in [0.15, 0.2) is 0 Å². The highest BCUT2D eigenvalue weighted by molar-refractivity contribution is 6.19. The molecule has 9 heteroatoms. The summed E-state index contributed by atoms with van der Waals surface area (Å²) in [4.78, 5) is 17.5. The summed E-state index contributed by atoms with van der Waals surface area (Å²) in [7, 11) is 0. The van der Waals surface area contributed by atoms with Crippen molar-refractivity contribution in [2.75, 3.05) is 10.6 Å². The van der Waals surface area contributed by atoms with Gasteiger partial charge in [0.25, 0.3) is 11.8 Å². The molecule has 0 radical (unpaired) electrons. The van der Waals surface area contributed by atoms with Crippen LogP contribution in [0.1, 0.15) is 11.1 Å². The number of nitrogens with one attached hydrogen (secondary N) is 2. The molecular formula is C21H15N7O2. The Morgan fingerprint density at radius 1 is 0.900 bits per heavy atom. The highest BCUT2D eigenvalue weighted by Crippen LogP contribution is 2.25. The normalized spacial score (nSPS) is 15.5. The number of hydrogen-bond acceptors (Lipinski definition) is 8. The number of hydrogen-bond donors (Lipinski definition) is 2. The summed E-state index contributed by atoms with van der Waals surface area (Å²) in [6.07, 6.45) is 0.578. The van der Waals surface area contributed by atoms with Crippen LogP contribution in [-0.4, -0.2) is 38.2 Å². The first kappa shape index (κ1) is 17.7. The van der Waals surface area contributed by atoms with Gasteiger partial charge >= 0.3 is 6.01 Å². The molecule has 9 nitrogen and oxygen atoms in total. The van der Waals surface area contributed by atoms with E-state index in [2.05, 4.69) is 36.0 Å². The molecule has 1 aliphatic rings. The van der Waals surface area contributed by atoms with Gasteiger partial charge in [-0.2, -0.15) is 5.10 Å². The molecule has 3 heterocycles. The topological polar surface area (TPSA) is 118 Å². The Labute approximate surface area is 170 Å². The molecule has 4 aromatic rings. The Hall–Kier alpha value is -4.40. The number of anilines is 2. The number of benzodiazepines with no additional fused rings is 1. The second-order valence-electron chi connectivity index (χ2n) is 6.45. The zero-order chi connectivity index (χ0) is 20.3. The summed E-state index contributed by atoms with van der Waals surface area (Å²) in [6.45, 7) is 0. The minimum atomic E-state index is -0.970. The molecule has 0 spiro atoms. The molecular weight excluding hydrogens is 382 g/mol. The van der Waals surface area contributed by atoms with E-state index in [4.69, 9.17) is 4.42 Å². The van der Waals surface area contributed by atoms with Gasteiger partial charge in [-0.3, -0.25) is 4.79 Å². The van der Waals surface area contributed by atoms with E-state index in [-0.39, 0.29) is 17.8 Å². The van der Waals surface area contributed by atoms with Crippen LogP contribution in [0, 0.1) is 0 Å². The Kier molecular flexibility index (Phi) is 4.45. The van der Waals surface area contributed by atoms with E-state index in [0.29, 0.717) is 17.1 Å². The maximum Gasteiger partial charge on any atom is 0.317 e. The lowest BCUT2D eigenvalue weighted by Crippen LogP contribution is -2.32. The van der Waals surface area contributed by atoms with Gasteiger partial charge < -0.3 is 15.1 Å². The Bertz CT molecular complexity index is 1220. The number of nitrogens with zero attached hydrogens (tertiary/aromatic N) is 5. The lowest BCUT2D eigenvalue weighted by atomic mass is 10.0. The summed E-state index contributed by atoms with van der Waals surface area (Å²) >= 11 is 0. The van der Waals surface area contributed by atoms with Gasteiger partial charge in [0, 0.05) is 17.3 Å². The molecule has 5 rings (SSSR count). The van der Waals surface area contributed by atoms with Crippen LogP contribution in [0.2, 0.25) is 0 Å². The fourth-order valence-corrected chi connectivity index (χ4v) is 3.10. The van der Waals surface area contributed by atoms with Gasteiger partial charge in [-0.05, 0) is 18.2 Å². The highest BCUT2D eigenvalue weighted by atomic mass is 16.4. The van der Waals surface area contributed by atoms with Crippen molar-refractivity contribution >= 4 is 23.3 Å². The number of carbonyl (C=O) groups is 1. The summed E-state index contributed by atoms with van der Waals surface area (Å²) in [5.41, 5.74) is 3.51. The first-order valence-corrected chi connectivity index (χ1v) is 9.19. The molecule has 0 fully saturated rings. The first-order valence-electron chi connectivity index (χ1n) is 9.19. The molecule has 0 aliphatic carbocycles. The van der Waals surface area contributed by atoms with Crippen LogP contribution in [0.4, 0.5) is 11.7 Å². The van der Waals surface area contributed by atoms with Crippen LogP contribution in [0.3, 0.4) is 0 Å². The molecule has 0 unspecified atom stereocenters. The summed E-state index contributed by atoms with van der Waals surface area (Å²) < 4.78 is 5.59. The molecule has 0 saturated heterocycles. The van der Waals surface area contributed by atoms with Crippen molar-refractivity contribution in [1.82, 2.24) is 20.4 Å². The Balaban J connectivity index is 1.51. The molecule has 2 aromatic heterocycles. The zero-order valence-corrected chi connectivity index (χ0v) is 15.6. The predicted octanol–water partition coefficient (Wildman–Crippen LogP) is 2.75. The van der Waals surface area contributed by atoms with E-state index >= 15 is 0 Å². The summed E-state index contributed by atoms with van der Waals surface area (Å²) in [5, 5.41) is 21.4. The van der Waals surface area contributed by atoms with Crippen molar-refractivity contribution in [1.29, 1.82) is 0 Å². The number of benzene rings is 2. The monoisotopic (exact) mass is 397 g/mol. The van der Waals surface area contributed by atoms with Crippen LogP contribution in [0.25, 0.3) is 11.6 Å². The number of carbonyl (C=O) groups excluding carboxylic acids is 1. The van der Waals surface area contributed by atoms with Gasteiger partial charge in [-0.15, -0.1) is 10.2 Å². The van der Waals surface area contributed by atoms with Gasteiger partial charge in [0.2, 0.25) is 6.17 Å². The molecule has 1 atom stereocenters. The molecule has 0 bridgehead atoms. The third-order valence-corrected chi connectivity index (χ3v) is 4.47. The quantitative estimate of drug-likeness (QED) is 0.543. The van der Waals surface area contributed by atoms with E-state index in [1.165, 1.54) is 0 Å². The van der Waals surface area contributed by atoms with Gasteiger partial charge in [-0.25, -0.2) is 4.99 Å². The van der Waals surface area contributed by atoms with Gasteiger partial charge in [0.05, 0.1) is 11.4 Å². The highest BCUT2D eigenvalue weighted by Gasteiger charge is 2.27. The summed E-state index contributed by atoms with van der Waals surface area (Å²) in [5.74, 6) is -0.150. The van der Waals surface area contributed by atoms with Crippen LogP contribution in [0.15, 0.2) is 82.3 Å². The smallest absolute Gasteiger partial charge is 0.317 e. The van der Waals surface area contributed by atoms with Crippen molar-refractivity contribution in [3.8, 4) is 11.6 Å². The number of amides is 1. The van der Waals surface area contributed by atoms with Crippen molar-refractivity contribution in [2.24, 2.45) is 4.99 Å². The van der Waals surface area contributed by atoms with Crippen molar-refractivity contribution in [3.63, 3.8) is 0 Å². The largest absolute Gasteiger partial charge is 0.402 e. The molecule has 146 valence electrons. The fourth-order valence-electron chi connectivity index (χ4n) is 3.10. The Morgan fingerprint density at radius 2 is 1.73 bits per heavy atom. The van der Waals surface area contributed by atoms with Gasteiger partial charge in [0.1, 0.15) is 5.69 Å². The third kappa shape index (κ3) is 3.39. The third-order valence-electron chi connectivity index (χ3n) is 4.47. The Morgan fingerprint density at radius 3 is 2.57 bits per heavy atom. The molecule has 0 saturated carbocycles. The minimum absolute atomic E-state index is 0.0536. The maximum absolute atomic E-state index is 12.8. The van der Waals surface area contributed by atoms with Crippen LogP contribution < -0.4 is 10.6 Å². The van der Waals surface area contributed by atoms with E-state index in [1.54, 1.807) is 18.3 Å². The number of aromatic nitrogens is 4. The van der Waals surface area contributed by atoms with Crippen LogP contribution in [0.5, 0.6) is 0 Å². The second-order valence-corrected chi connectivity index (χ2v) is 6.45. The number of para-hydroxylation sites is 1. The molecule has 2 aromatic carbocycles. The van der Waals surface area contributed by atoms with Crippen LogP contribution in [-0.2, 0) is 4.79 Å². The first-order chi connectivity index (χ1) is 14.8. The number of rotatable bonds is 4. The second kappa shape index (κ2) is 7.55. The standard InChI is InChI=1S/C21H15N7O2/c29-19-18(25-21-28-27-20(30-21)16-11-6-12-22-26-16)24-17(13-7-2-1-3-8-13)14-9-4-5-10-15(14)23-19/h1-12,18H,(H,23,29)(H,25,28)/t18-/m1/s1. The number of fused-ring (bicyclic) bond motifs is 1. The molecule has 1 aliphatic heterocycles. The van der Waals surface area contributed by atoms with E-state index in [0.717, 1.165) is 11.1 Å². The fraction of sp³-hybridized carbons (Fsp3) is 0.0476. The lowest BCUT2D eigenvalue weighted by molar-refractivity contribution is -0.116. The SMILES string of the molecule is O=C1Nc2ccccc2C(c2ccccc2)=N[C@@H]1Nc1nnc(-c2cccnn2)o1. The van der Waals surface area contributed by atoms with E-state index in [1.807, 2.05) is 54.6 Å². The van der Waals surface area contributed by atoms with Crippen LogP contribution >= 0.6 is 0 Å². The van der Waals surface area contributed by atoms with E-state index < -0.39 is 6.17 Å². The average molecular weight is 397 g/mol. The lowest BCUT2D eigenvalue weighted by Gasteiger charge is -2.11. The molecule has 1 amide bonds. The number of aliphatic imine (C=N–C) groups is 1. The average Bonchev–Trinajstić information content (AvgIpc) is 3.21. The summed E-state index contributed by atoms with van der Waals surface area (Å²) in [6, 6.07) is 20.7. The zero-order valence-electron chi connectivity index (χ0n) is 15.6. The molecule has 2 N–H and O–H groups in total. The van der Waals surface area contributed by atoms with Crippen molar-refractivity contribution < 1.29 is 9.21 Å². The van der Waals surface area contributed by atoms with Crippen molar-refractivity contribution in [2.45, 2.75) is 6.17 Å². The van der Waals surface area contributed by atoms with E-state index in [9.17, 15) is 4.79 Å². The predicted molar refractivity (Wildman–Crippen MR) is 110 cm³/mol.